The molecule has 0 saturated heterocycles. The lowest BCUT2D eigenvalue weighted by molar-refractivity contribution is 0.0935. The molecule has 5 heteroatoms. The molecule has 0 radical (unpaired) electrons. The van der Waals surface area contributed by atoms with Crippen molar-refractivity contribution >= 4 is 11.6 Å². The second-order valence-electron chi connectivity index (χ2n) is 3.99. The average molecular weight is 244 g/mol. The number of ether oxygens (including phenoxy) is 1. The van der Waals surface area contributed by atoms with Crippen LogP contribution in [-0.4, -0.2) is 13.0 Å². The van der Waals surface area contributed by atoms with E-state index in [-0.39, 0.29) is 12.1 Å². The molecule has 0 fully saturated rings. The van der Waals surface area contributed by atoms with E-state index in [1.807, 2.05) is 6.07 Å². The Kier molecular flexibility index (Phi) is 2.44. The fourth-order valence-corrected chi connectivity index (χ4v) is 2.03. The quantitative estimate of drug-likeness (QED) is 0.849. The maximum atomic E-state index is 12.0. The van der Waals surface area contributed by atoms with Crippen LogP contribution in [0, 0.1) is 0 Å². The minimum absolute atomic E-state index is 0.131. The van der Waals surface area contributed by atoms with Gasteiger partial charge in [0, 0.05) is 5.56 Å². The van der Waals surface area contributed by atoms with E-state index in [2.05, 4.69) is 10.6 Å². The summed E-state index contributed by atoms with van der Waals surface area (Å²) in [4.78, 5) is 12.0. The Labute approximate surface area is 104 Å². The molecule has 18 heavy (non-hydrogen) atoms. The topological polar surface area (TPSA) is 63.5 Å². The summed E-state index contributed by atoms with van der Waals surface area (Å²) in [5, 5.41) is 6.09. The van der Waals surface area contributed by atoms with Gasteiger partial charge in [-0.25, -0.2) is 0 Å². The number of carbonyl (C=O) groups excluding carboxylic acids is 1. The minimum Gasteiger partial charge on any atom is -0.495 e. The predicted molar refractivity (Wildman–Crippen MR) is 65.5 cm³/mol. The van der Waals surface area contributed by atoms with Crippen molar-refractivity contribution in [1.29, 1.82) is 0 Å². The van der Waals surface area contributed by atoms with Crippen LogP contribution < -0.4 is 15.4 Å². The van der Waals surface area contributed by atoms with Crippen LogP contribution in [0.2, 0.25) is 0 Å². The number of rotatable bonds is 2. The minimum atomic E-state index is -0.306. The number of amides is 1. The summed E-state index contributed by atoms with van der Waals surface area (Å²) in [6, 6.07) is 7.16. The zero-order valence-electron chi connectivity index (χ0n) is 9.77. The van der Waals surface area contributed by atoms with Crippen molar-refractivity contribution in [3.8, 4) is 5.75 Å². The lowest BCUT2D eigenvalue weighted by atomic mass is 10.1. The van der Waals surface area contributed by atoms with Gasteiger partial charge in [0.15, 0.2) is 0 Å². The van der Waals surface area contributed by atoms with Gasteiger partial charge in [-0.1, -0.05) is 6.07 Å². The van der Waals surface area contributed by atoms with Crippen molar-refractivity contribution in [3.05, 3.63) is 47.9 Å². The Bertz CT molecular complexity index is 578. The summed E-state index contributed by atoms with van der Waals surface area (Å²) in [5.74, 6) is 0.518. The molecule has 0 bridgehead atoms. The maximum absolute atomic E-state index is 12.0. The molecule has 5 nitrogen and oxygen atoms in total. The summed E-state index contributed by atoms with van der Waals surface area (Å²) in [6.45, 7) is 0. The van der Waals surface area contributed by atoms with E-state index < -0.39 is 0 Å². The first kappa shape index (κ1) is 10.7. The smallest absolute Gasteiger partial charge is 0.255 e. The van der Waals surface area contributed by atoms with Crippen LogP contribution in [0.1, 0.15) is 22.1 Å². The van der Waals surface area contributed by atoms with Gasteiger partial charge in [-0.05, 0) is 18.2 Å². The van der Waals surface area contributed by atoms with Crippen LogP contribution in [0.4, 0.5) is 5.69 Å². The fraction of sp³-hybridized carbons (Fsp3) is 0.154. The lowest BCUT2D eigenvalue weighted by Crippen LogP contribution is -2.38. The molecule has 1 unspecified atom stereocenters. The second-order valence-corrected chi connectivity index (χ2v) is 3.99. The number of para-hydroxylation sites is 1. The van der Waals surface area contributed by atoms with Crippen molar-refractivity contribution in [2.45, 2.75) is 6.17 Å². The molecule has 1 aliphatic rings. The second kappa shape index (κ2) is 4.10. The monoisotopic (exact) mass is 244 g/mol. The Balaban J connectivity index is 2.03. The molecular weight excluding hydrogens is 232 g/mol. The van der Waals surface area contributed by atoms with E-state index in [9.17, 15) is 4.79 Å². The number of carbonyl (C=O) groups is 1. The number of fused-ring (bicyclic) bond motifs is 1. The first-order chi connectivity index (χ1) is 8.79. The van der Waals surface area contributed by atoms with Crippen LogP contribution in [0.5, 0.6) is 5.75 Å². The van der Waals surface area contributed by atoms with Gasteiger partial charge in [0.1, 0.15) is 11.9 Å². The third kappa shape index (κ3) is 1.60. The third-order valence-corrected chi connectivity index (χ3v) is 2.93. The molecular formula is C13H12N2O3. The standard InChI is InChI=1S/C13H12N2O3/c1-17-10-4-2-3-9-11(10)14-12(15-13(9)16)8-5-6-18-7-8/h2-7,12,14H,1H3,(H,15,16). The normalized spacial score (nSPS) is 17.6. The Morgan fingerprint density at radius 3 is 2.89 bits per heavy atom. The Morgan fingerprint density at radius 1 is 1.28 bits per heavy atom. The van der Waals surface area contributed by atoms with Gasteiger partial charge >= 0.3 is 0 Å². The maximum Gasteiger partial charge on any atom is 0.255 e. The van der Waals surface area contributed by atoms with Gasteiger partial charge < -0.3 is 19.8 Å². The number of furan rings is 1. The van der Waals surface area contributed by atoms with Gasteiger partial charge in [-0.2, -0.15) is 0 Å². The Morgan fingerprint density at radius 2 is 2.17 bits per heavy atom. The van der Waals surface area contributed by atoms with Crippen molar-refractivity contribution in [2.24, 2.45) is 0 Å². The van der Waals surface area contributed by atoms with Crippen LogP contribution in [0.15, 0.2) is 41.2 Å². The zero-order chi connectivity index (χ0) is 12.5. The number of hydrogen-bond donors (Lipinski definition) is 2. The van der Waals surface area contributed by atoms with Crippen LogP contribution >= 0.6 is 0 Å². The number of methoxy groups -OCH3 is 1. The highest BCUT2D eigenvalue weighted by atomic mass is 16.5. The molecule has 1 atom stereocenters. The molecule has 92 valence electrons. The van der Waals surface area contributed by atoms with Crippen LogP contribution in [0.3, 0.4) is 0 Å². The van der Waals surface area contributed by atoms with Crippen LogP contribution in [0.25, 0.3) is 0 Å². The van der Waals surface area contributed by atoms with E-state index in [4.69, 9.17) is 9.15 Å². The number of hydrogen-bond acceptors (Lipinski definition) is 4. The molecule has 1 aromatic heterocycles. The molecule has 1 amide bonds. The molecule has 2 N–H and O–H groups in total. The molecule has 1 aromatic carbocycles. The van der Waals surface area contributed by atoms with Crippen molar-refractivity contribution in [3.63, 3.8) is 0 Å². The highest BCUT2D eigenvalue weighted by Crippen LogP contribution is 2.34. The van der Waals surface area contributed by atoms with E-state index >= 15 is 0 Å². The van der Waals surface area contributed by atoms with Gasteiger partial charge in [-0.3, -0.25) is 4.79 Å². The summed E-state index contributed by atoms with van der Waals surface area (Å²) >= 11 is 0. The largest absolute Gasteiger partial charge is 0.495 e. The summed E-state index contributed by atoms with van der Waals surface area (Å²) < 4.78 is 10.3. The molecule has 0 saturated carbocycles. The highest BCUT2D eigenvalue weighted by molar-refractivity contribution is 6.03. The predicted octanol–water partition coefficient (Wildman–Crippen LogP) is 2.14. The van der Waals surface area contributed by atoms with E-state index in [0.29, 0.717) is 17.0 Å². The van der Waals surface area contributed by atoms with Crippen molar-refractivity contribution in [2.75, 3.05) is 12.4 Å². The fourth-order valence-electron chi connectivity index (χ4n) is 2.03. The van der Waals surface area contributed by atoms with E-state index in [0.717, 1.165) is 5.56 Å². The third-order valence-electron chi connectivity index (χ3n) is 2.93. The van der Waals surface area contributed by atoms with E-state index in [1.54, 1.807) is 37.8 Å². The van der Waals surface area contributed by atoms with Gasteiger partial charge in [0.05, 0.1) is 30.9 Å². The van der Waals surface area contributed by atoms with Crippen molar-refractivity contribution in [1.82, 2.24) is 5.32 Å². The van der Waals surface area contributed by atoms with Gasteiger partial charge in [0.25, 0.3) is 5.91 Å². The number of anilines is 1. The average Bonchev–Trinajstić information content (AvgIpc) is 2.92. The molecule has 0 aliphatic carbocycles. The summed E-state index contributed by atoms with van der Waals surface area (Å²) in [6.07, 6.45) is 2.86. The summed E-state index contributed by atoms with van der Waals surface area (Å²) in [7, 11) is 1.58. The zero-order valence-corrected chi connectivity index (χ0v) is 9.77. The first-order valence-electron chi connectivity index (χ1n) is 5.56. The summed E-state index contributed by atoms with van der Waals surface area (Å²) in [5.41, 5.74) is 2.14. The Hall–Kier alpha value is -2.43. The molecule has 2 aromatic rings. The van der Waals surface area contributed by atoms with Gasteiger partial charge in [-0.15, -0.1) is 0 Å². The first-order valence-corrected chi connectivity index (χ1v) is 5.56. The lowest BCUT2D eigenvalue weighted by Gasteiger charge is -2.28. The highest BCUT2D eigenvalue weighted by Gasteiger charge is 2.27. The number of benzene rings is 1. The van der Waals surface area contributed by atoms with Gasteiger partial charge in [0.2, 0.25) is 0 Å². The molecule has 1 aliphatic heterocycles. The van der Waals surface area contributed by atoms with E-state index in [1.165, 1.54) is 0 Å². The molecule has 3 rings (SSSR count). The van der Waals surface area contributed by atoms with Crippen LogP contribution in [-0.2, 0) is 0 Å². The SMILES string of the molecule is COc1cccc2c1NC(c1ccoc1)NC2=O. The molecule has 2 heterocycles. The number of nitrogens with one attached hydrogen (secondary N) is 2. The molecule has 0 spiro atoms. The van der Waals surface area contributed by atoms with Crippen molar-refractivity contribution < 1.29 is 13.9 Å².